The molecule has 0 bridgehead atoms. The summed E-state index contributed by atoms with van der Waals surface area (Å²) in [6.45, 7) is 16.9. The van der Waals surface area contributed by atoms with Crippen molar-refractivity contribution in [3.05, 3.63) is 113 Å². The zero-order valence-electron chi connectivity index (χ0n) is 26.3. The lowest BCUT2D eigenvalue weighted by Crippen LogP contribution is -2.60. The largest absolute Gasteiger partial charge is 0.311 e. The van der Waals surface area contributed by atoms with E-state index in [2.05, 4.69) is 155 Å². The quantitative estimate of drug-likeness (QED) is 0.189. The highest BCUT2D eigenvalue weighted by Crippen LogP contribution is 2.52. The van der Waals surface area contributed by atoms with E-state index < -0.39 is 0 Å². The van der Waals surface area contributed by atoms with Crippen LogP contribution in [0.4, 0.5) is 34.1 Å². The first-order valence-corrected chi connectivity index (χ1v) is 16.4. The molecule has 0 unspecified atom stereocenters. The fourth-order valence-electron chi connectivity index (χ4n) is 8.25. The van der Waals surface area contributed by atoms with Crippen molar-refractivity contribution in [1.29, 1.82) is 0 Å². The van der Waals surface area contributed by atoms with Crippen molar-refractivity contribution in [3.63, 3.8) is 0 Å². The Morgan fingerprint density at radius 1 is 0.628 bits per heavy atom. The zero-order chi connectivity index (χ0) is 29.9. The first-order chi connectivity index (χ1) is 20.5. The SMILES string of the molecule is CC(C)(C)c1cc2c(s1)B1c3ccccc3N(c3ccccc3)c3cccc(c31)N2c1ccc2c(c1)C(C)(C)CC2(C)C. The van der Waals surface area contributed by atoms with Crippen LogP contribution in [0.15, 0.2) is 97.1 Å². The highest BCUT2D eigenvalue weighted by Gasteiger charge is 2.46. The van der Waals surface area contributed by atoms with E-state index in [1.807, 2.05) is 11.3 Å². The Kier molecular flexibility index (Phi) is 5.55. The van der Waals surface area contributed by atoms with Gasteiger partial charge in [-0.1, -0.05) is 97.0 Å². The summed E-state index contributed by atoms with van der Waals surface area (Å²) in [4.78, 5) is 6.48. The predicted octanol–water partition coefficient (Wildman–Crippen LogP) is 9.09. The third kappa shape index (κ3) is 3.85. The van der Waals surface area contributed by atoms with Crippen LogP contribution >= 0.6 is 11.3 Å². The van der Waals surface area contributed by atoms with Crippen molar-refractivity contribution < 1.29 is 0 Å². The van der Waals surface area contributed by atoms with Crippen molar-refractivity contribution in [2.75, 3.05) is 9.80 Å². The average Bonchev–Trinajstić information content (AvgIpc) is 3.49. The van der Waals surface area contributed by atoms with Gasteiger partial charge >= 0.3 is 0 Å². The number of hydrogen-bond donors (Lipinski definition) is 0. The van der Waals surface area contributed by atoms with Crippen LogP contribution in [0.3, 0.4) is 0 Å². The molecule has 0 amide bonds. The van der Waals surface area contributed by atoms with Gasteiger partial charge in [0.2, 0.25) is 0 Å². The second-order valence-electron chi connectivity index (χ2n) is 15.0. The van der Waals surface area contributed by atoms with Gasteiger partial charge in [0.15, 0.2) is 0 Å². The fourth-order valence-corrected chi connectivity index (χ4v) is 9.58. The van der Waals surface area contributed by atoms with Gasteiger partial charge in [-0.2, -0.15) is 11.3 Å². The molecule has 4 aromatic carbocycles. The summed E-state index contributed by atoms with van der Waals surface area (Å²) in [7, 11) is 0. The summed E-state index contributed by atoms with van der Waals surface area (Å²) >= 11 is 2.00. The Hall–Kier alpha value is -3.76. The van der Waals surface area contributed by atoms with Crippen molar-refractivity contribution in [1.82, 2.24) is 0 Å². The number of para-hydroxylation sites is 2. The maximum Gasteiger partial charge on any atom is 0.264 e. The van der Waals surface area contributed by atoms with Gasteiger partial charge in [0.25, 0.3) is 6.71 Å². The van der Waals surface area contributed by atoms with E-state index in [0.717, 1.165) is 0 Å². The van der Waals surface area contributed by atoms with Crippen LogP contribution < -0.4 is 25.5 Å². The molecule has 0 spiro atoms. The molecule has 2 aliphatic heterocycles. The number of anilines is 6. The van der Waals surface area contributed by atoms with Gasteiger partial charge in [0.1, 0.15) is 0 Å². The molecule has 0 atom stereocenters. The van der Waals surface area contributed by atoms with Crippen LogP contribution in [0.2, 0.25) is 0 Å². The second-order valence-corrected chi connectivity index (χ2v) is 16.1. The molecule has 0 fully saturated rings. The number of benzene rings is 4. The standard InChI is InChI=1S/C39H39BN2S/c1-37(2,3)34-23-33-36(43-34)40-29-16-11-12-17-30(29)41(25-14-9-8-10-15-25)31-18-13-19-32(35(31)40)42(33)26-20-21-27-28(22-26)39(6,7)24-38(27,4)5/h8-23H,24H2,1-7H3. The van der Waals surface area contributed by atoms with E-state index in [-0.39, 0.29) is 23.0 Å². The van der Waals surface area contributed by atoms with Gasteiger partial charge in [-0.05, 0) is 93.2 Å². The molecule has 3 aliphatic rings. The molecule has 2 nitrogen and oxygen atoms in total. The molecule has 5 aromatic rings. The lowest BCUT2D eigenvalue weighted by Gasteiger charge is -2.43. The van der Waals surface area contributed by atoms with Crippen LogP contribution in [0.1, 0.15) is 70.9 Å². The number of rotatable bonds is 2. The van der Waals surface area contributed by atoms with E-state index in [4.69, 9.17) is 0 Å². The van der Waals surface area contributed by atoms with Crippen molar-refractivity contribution in [2.24, 2.45) is 0 Å². The van der Waals surface area contributed by atoms with Gasteiger partial charge in [0.05, 0.1) is 5.69 Å². The summed E-state index contributed by atoms with van der Waals surface area (Å²) in [6, 6.07) is 36.6. The number of thiophene rings is 1. The number of fused-ring (bicyclic) bond motifs is 5. The summed E-state index contributed by atoms with van der Waals surface area (Å²) < 4.78 is 1.45. The molecule has 214 valence electrons. The Morgan fingerprint density at radius 3 is 1.98 bits per heavy atom. The summed E-state index contributed by atoms with van der Waals surface area (Å²) in [5, 5.41) is 0. The Labute approximate surface area is 261 Å². The summed E-state index contributed by atoms with van der Waals surface area (Å²) in [5.41, 5.74) is 13.8. The number of hydrogen-bond acceptors (Lipinski definition) is 3. The Bertz CT molecular complexity index is 1910. The van der Waals surface area contributed by atoms with Crippen LogP contribution in [0, 0.1) is 0 Å². The molecule has 1 aromatic heterocycles. The van der Waals surface area contributed by atoms with Crippen molar-refractivity contribution >= 4 is 67.9 Å². The number of nitrogens with zero attached hydrogens (tertiary/aromatic N) is 2. The summed E-state index contributed by atoms with van der Waals surface area (Å²) in [5.74, 6) is 0. The van der Waals surface area contributed by atoms with E-state index in [0.29, 0.717) is 0 Å². The van der Waals surface area contributed by atoms with Gasteiger partial charge in [-0.15, -0.1) is 0 Å². The minimum atomic E-state index is 0.0664. The van der Waals surface area contributed by atoms with Gasteiger partial charge in [0, 0.05) is 38.1 Å². The van der Waals surface area contributed by atoms with Crippen molar-refractivity contribution in [3.8, 4) is 0 Å². The lowest BCUT2D eigenvalue weighted by molar-refractivity contribution is 0.403. The maximum absolute atomic E-state index is 2.58. The molecule has 8 rings (SSSR count). The topological polar surface area (TPSA) is 6.48 Å². The molecule has 4 heteroatoms. The molecule has 1 aliphatic carbocycles. The van der Waals surface area contributed by atoms with Crippen LogP contribution in [-0.2, 0) is 16.2 Å². The monoisotopic (exact) mass is 578 g/mol. The summed E-state index contributed by atoms with van der Waals surface area (Å²) in [6.07, 6.45) is 1.17. The zero-order valence-corrected chi connectivity index (χ0v) is 27.1. The van der Waals surface area contributed by atoms with E-state index >= 15 is 0 Å². The maximum atomic E-state index is 2.58. The highest BCUT2D eigenvalue weighted by molar-refractivity contribution is 7.29. The van der Waals surface area contributed by atoms with E-state index in [1.54, 1.807) is 0 Å². The normalized spacial score (nSPS) is 17.3. The molecule has 0 saturated heterocycles. The third-order valence-corrected chi connectivity index (χ3v) is 11.5. The minimum Gasteiger partial charge on any atom is -0.311 e. The smallest absolute Gasteiger partial charge is 0.264 e. The van der Waals surface area contributed by atoms with E-state index in [1.165, 1.54) is 72.3 Å². The van der Waals surface area contributed by atoms with Crippen molar-refractivity contribution in [2.45, 2.75) is 71.1 Å². The lowest BCUT2D eigenvalue weighted by atomic mass is 9.36. The Morgan fingerprint density at radius 2 is 1.26 bits per heavy atom. The van der Waals surface area contributed by atoms with Gasteiger partial charge in [-0.25, -0.2) is 0 Å². The first kappa shape index (κ1) is 26.8. The van der Waals surface area contributed by atoms with E-state index in [9.17, 15) is 0 Å². The second kappa shape index (κ2) is 8.89. The average molecular weight is 579 g/mol. The van der Waals surface area contributed by atoms with Crippen LogP contribution in [-0.4, -0.2) is 6.71 Å². The molecular weight excluding hydrogens is 539 g/mol. The molecule has 3 heterocycles. The Balaban J connectivity index is 1.43. The third-order valence-electron chi connectivity index (χ3n) is 9.92. The van der Waals surface area contributed by atoms with Crippen LogP contribution in [0.25, 0.3) is 0 Å². The fraction of sp³-hybridized carbons (Fsp3) is 0.282. The van der Waals surface area contributed by atoms with Crippen LogP contribution in [0.5, 0.6) is 0 Å². The van der Waals surface area contributed by atoms with Gasteiger partial charge < -0.3 is 9.80 Å². The first-order valence-electron chi connectivity index (χ1n) is 15.6. The minimum absolute atomic E-state index is 0.0664. The predicted molar refractivity (Wildman–Crippen MR) is 188 cm³/mol. The molecular formula is C39H39BN2S. The molecule has 0 saturated carbocycles. The molecule has 43 heavy (non-hydrogen) atoms. The van der Waals surface area contributed by atoms with Gasteiger partial charge in [-0.3, -0.25) is 0 Å². The molecule has 0 radical (unpaired) electrons. The molecule has 0 N–H and O–H groups in total. The highest BCUT2D eigenvalue weighted by atomic mass is 32.1.